The van der Waals surface area contributed by atoms with E-state index in [1.807, 2.05) is 6.07 Å². The van der Waals surface area contributed by atoms with Crippen molar-refractivity contribution in [3.63, 3.8) is 0 Å². The molecule has 1 atom stereocenters. The molecule has 0 amide bonds. The highest BCUT2D eigenvalue weighted by molar-refractivity contribution is 9.10. The van der Waals surface area contributed by atoms with Gasteiger partial charge in [-0.2, -0.15) is 0 Å². The van der Waals surface area contributed by atoms with Crippen molar-refractivity contribution in [2.75, 3.05) is 6.54 Å². The van der Waals surface area contributed by atoms with Gasteiger partial charge >= 0.3 is 0 Å². The Hall–Kier alpha value is -0.410. The van der Waals surface area contributed by atoms with Gasteiger partial charge in [0.05, 0.1) is 0 Å². The Labute approximate surface area is 125 Å². The molecule has 1 aromatic carbocycles. The Morgan fingerprint density at radius 2 is 1.84 bits per heavy atom. The SMILES string of the molecule is CCC(C)(CNC(C)(C)C)Cc1ccc(F)cc1Br. The Balaban J connectivity index is 2.80. The molecule has 108 valence electrons. The maximum Gasteiger partial charge on any atom is 0.124 e. The lowest BCUT2D eigenvalue weighted by Gasteiger charge is -2.33. The van der Waals surface area contributed by atoms with E-state index in [0.29, 0.717) is 0 Å². The van der Waals surface area contributed by atoms with E-state index < -0.39 is 0 Å². The predicted molar refractivity (Wildman–Crippen MR) is 84.0 cm³/mol. The fourth-order valence-electron chi connectivity index (χ4n) is 1.92. The Morgan fingerprint density at radius 1 is 1.21 bits per heavy atom. The third kappa shape index (κ3) is 5.62. The molecule has 0 aliphatic heterocycles. The van der Waals surface area contributed by atoms with Crippen LogP contribution in [0.15, 0.2) is 22.7 Å². The normalized spacial score (nSPS) is 15.3. The summed E-state index contributed by atoms with van der Waals surface area (Å²) in [7, 11) is 0. The molecule has 1 aromatic rings. The molecule has 0 radical (unpaired) electrons. The van der Waals surface area contributed by atoms with Crippen LogP contribution in [-0.4, -0.2) is 12.1 Å². The fourth-order valence-corrected chi connectivity index (χ4v) is 2.41. The summed E-state index contributed by atoms with van der Waals surface area (Å²) in [5, 5.41) is 3.58. The van der Waals surface area contributed by atoms with Crippen LogP contribution in [0, 0.1) is 11.2 Å². The zero-order chi connectivity index (χ0) is 14.7. The van der Waals surface area contributed by atoms with E-state index in [-0.39, 0.29) is 16.8 Å². The molecule has 0 heterocycles. The molecule has 0 bridgehead atoms. The second kappa shape index (κ2) is 6.36. The van der Waals surface area contributed by atoms with Crippen LogP contribution in [0.25, 0.3) is 0 Å². The van der Waals surface area contributed by atoms with Crippen molar-refractivity contribution in [3.05, 3.63) is 34.1 Å². The first kappa shape index (κ1) is 16.6. The molecule has 1 nitrogen and oxygen atoms in total. The van der Waals surface area contributed by atoms with E-state index in [9.17, 15) is 4.39 Å². The van der Waals surface area contributed by atoms with E-state index >= 15 is 0 Å². The van der Waals surface area contributed by atoms with Crippen LogP contribution in [-0.2, 0) is 6.42 Å². The first-order valence-electron chi connectivity index (χ1n) is 6.84. The molecule has 0 saturated heterocycles. The highest BCUT2D eigenvalue weighted by atomic mass is 79.9. The number of hydrogen-bond donors (Lipinski definition) is 1. The van der Waals surface area contributed by atoms with Crippen LogP contribution in [0.2, 0.25) is 0 Å². The number of hydrogen-bond acceptors (Lipinski definition) is 1. The van der Waals surface area contributed by atoms with Gasteiger partial charge in [-0.25, -0.2) is 4.39 Å². The summed E-state index contributed by atoms with van der Waals surface area (Å²) >= 11 is 3.46. The largest absolute Gasteiger partial charge is 0.312 e. The van der Waals surface area contributed by atoms with Crippen molar-refractivity contribution in [2.24, 2.45) is 5.41 Å². The summed E-state index contributed by atoms with van der Waals surface area (Å²) in [6.45, 7) is 12.0. The summed E-state index contributed by atoms with van der Waals surface area (Å²) < 4.78 is 14.0. The van der Waals surface area contributed by atoms with E-state index in [1.165, 1.54) is 11.6 Å². The van der Waals surface area contributed by atoms with E-state index in [2.05, 4.69) is 55.9 Å². The molecule has 1 rings (SSSR count). The molecule has 19 heavy (non-hydrogen) atoms. The van der Waals surface area contributed by atoms with Gasteiger partial charge in [-0.1, -0.05) is 35.8 Å². The lowest BCUT2D eigenvalue weighted by molar-refractivity contribution is 0.254. The molecule has 1 unspecified atom stereocenters. The molecular weight excluding hydrogens is 305 g/mol. The van der Waals surface area contributed by atoms with Gasteiger partial charge in [0.2, 0.25) is 0 Å². The van der Waals surface area contributed by atoms with Crippen molar-refractivity contribution in [2.45, 2.75) is 53.0 Å². The van der Waals surface area contributed by atoms with E-state index in [1.54, 1.807) is 6.07 Å². The fraction of sp³-hybridized carbons (Fsp3) is 0.625. The summed E-state index contributed by atoms with van der Waals surface area (Å²) in [6, 6.07) is 4.96. The van der Waals surface area contributed by atoms with Gasteiger partial charge in [-0.3, -0.25) is 0 Å². The van der Waals surface area contributed by atoms with E-state index in [4.69, 9.17) is 0 Å². The predicted octanol–water partition coefficient (Wildman–Crippen LogP) is 4.94. The monoisotopic (exact) mass is 329 g/mol. The Bertz CT molecular complexity index is 425. The molecule has 0 aliphatic rings. The van der Waals surface area contributed by atoms with Gasteiger partial charge in [0.15, 0.2) is 0 Å². The van der Waals surface area contributed by atoms with Crippen LogP contribution in [0.3, 0.4) is 0 Å². The lowest BCUT2D eigenvalue weighted by atomic mass is 9.80. The first-order valence-corrected chi connectivity index (χ1v) is 7.63. The zero-order valence-electron chi connectivity index (χ0n) is 12.6. The van der Waals surface area contributed by atoms with Gasteiger partial charge in [0, 0.05) is 16.6 Å². The summed E-state index contributed by atoms with van der Waals surface area (Å²) in [4.78, 5) is 0. The van der Waals surface area contributed by atoms with Gasteiger partial charge in [0.1, 0.15) is 5.82 Å². The third-order valence-electron chi connectivity index (χ3n) is 3.53. The highest BCUT2D eigenvalue weighted by Gasteiger charge is 2.25. The highest BCUT2D eigenvalue weighted by Crippen LogP contribution is 2.30. The summed E-state index contributed by atoms with van der Waals surface area (Å²) in [5.74, 6) is -0.193. The van der Waals surface area contributed by atoms with E-state index in [0.717, 1.165) is 23.9 Å². The average Bonchev–Trinajstić information content (AvgIpc) is 2.30. The Morgan fingerprint density at radius 3 is 2.32 bits per heavy atom. The molecule has 0 aromatic heterocycles. The molecule has 3 heteroatoms. The first-order chi connectivity index (χ1) is 8.65. The molecule has 0 fully saturated rings. The van der Waals surface area contributed by atoms with Crippen LogP contribution in [0.4, 0.5) is 4.39 Å². The number of benzene rings is 1. The molecule has 0 aliphatic carbocycles. The molecular formula is C16H25BrFN. The van der Waals surface area contributed by atoms with Crippen LogP contribution in [0.5, 0.6) is 0 Å². The van der Waals surface area contributed by atoms with Crippen LogP contribution >= 0.6 is 15.9 Å². The second-order valence-electron chi connectivity index (χ2n) is 6.68. The zero-order valence-corrected chi connectivity index (χ0v) is 14.2. The second-order valence-corrected chi connectivity index (χ2v) is 7.53. The van der Waals surface area contributed by atoms with Crippen molar-refractivity contribution < 1.29 is 4.39 Å². The number of rotatable bonds is 5. The topological polar surface area (TPSA) is 12.0 Å². The van der Waals surface area contributed by atoms with Crippen LogP contribution < -0.4 is 5.32 Å². The van der Waals surface area contributed by atoms with Gasteiger partial charge in [-0.15, -0.1) is 0 Å². The molecule has 0 spiro atoms. The Kier molecular flexibility index (Phi) is 5.57. The van der Waals surface area contributed by atoms with Crippen LogP contribution in [0.1, 0.15) is 46.6 Å². The third-order valence-corrected chi connectivity index (χ3v) is 4.27. The summed E-state index contributed by atoms with van der Waals surface area (Å²) in [6.07, 6.45) is 2.02. The van der Waals surface area contributed by atoms with Crippen molar-refractivity contribution in [1.29, 1.82) is 0 Å². The van der Waals surface area contributed by atoms with Crippen molar-refractivity contribution in [3.8, 4) is 0 Å². The minimum atomic E-state index is -0.193. The van der Waals surface area contributed by atoms with Gasteiger partial charge in [-0.05, 0) is 56.7 Å². The maximum atomic E-state index is 13.1. The summed E-state index contributed by atoms with van der Waals surface area (Å²) in [5.41, 5.74) is 1.46. The van der Waals surface area contributed by atoms with Crippen molar-refractivity contribution >= 4 is 15.9 Å². The quantitative estimate of drug-likeness (QED) is 0.807. The number of nitrogens with one attached hydrogen (secondary N) is 1. The van der Waals surface area contributed by atoms with Gasteiger partial charge < -0.3 is 5.32 Å². The minimum absolute atomic E-state index is 0.121. The maximum absolute atomic E-state index is 13.1. The lowest BCUT2D eigenvalue weighted by Crippen LogP contribution is -2.43. The van der Waals surface area contributed by atoms with Crippen molar-refractivity contribution in [1.82, 2.24) is 5.32 Å². The average molecular weight is 330 g/mol. The molecule has 0 saturated carbocycles. The molecule has 1 N–H and O–H groups in total. The minimum Gasteiger partial charge on any atom is -0.312 e. The smallest absolute Gasteiger partial charge is 0.124 e. The number of halogens is 2. The standard InChI is InChI=1S/C16H25BrFN/c1-6-16(5,11-19-15(2,3)4)10-12-7-8-13(18)9-14(12)17/h7-9,19H,6,10-11H2,1-5H3. The van der Waals surface area contributed by atoms with Gasteiger partial charge in [0.25, 0.3) is 0 Å².